The first-order chi connectivity index (χ1) is 14.0. The Morgan fingerprint density at radius 2 is 1.90 bits per heavy atom. The minimum Gasteiger partial charge on any atom is -0.481 e. The van der Waals surface area contributed by atoms with Crippen molar-refractivity contribution in [1.29, 1.82) is 0 Å². The lowest BCUT2D eigenvalue weighted by molar-refractivity contribution is -0.136. The Kier molecular flexibility index (Phi) is 5.08. The van der Waals surface area contributed by atoms with Gasteiger partial charge in [-0.15, -0.1) is 0 Å². The zero-order valence-corrected chi connectivity index (χ0v) is 16.0. The molecule has 0 bridgehead atoms. The molecule has 1 aromatic heterocycles. The summed E-state index contributed by atoms with van der Waals surface area (Å²) < 4.78 is 39.1. The van der Waals surface area contributed by atoms with Crippen molar-refractivity contribution in [3.05, 3.63) is 38.1 Å². The molecule has 14 heteroatoms. The van der Waals surface area contributed by atoms with Gasteiger partial charge in [0, 0.05) is 23.1 Å². The number of hydrogen-bond donors (Lipinski definition) is 2. The molecule has 0 unspecified atom stereocenters. The fourth-order valence-corrected chi connectivity index (χ4v) is 4.10. The van der Waals surface area contributed by atoms with Crippen LogP contribution < -0.4 is 10.5 Å². The maximum Gasteiger partial charge on any atom is 0.340 e. The van der Waals surface area contributed by atoms with E-state index < -0.39 is 56.2 Å². The van der Waals surface area contributed by atoms with E-state index in [4.69, 9.17) is 15.1 Å². The molecule has 2 aromatic rings. The second kappa shape index (κ2) is 7.26. The van der Waals surface area contributed by atoms with Gasteiger partial charge in [-0.25, -0.2) is 9.69 Å². The van der Waals surface area contributed by atoms with Crippen molar-refractivity contribution >= 4 is 50.2 Å². The number of anilines is 1. The van der Waals surface area contributed by atoms with Crippen LogP contribution in [0.5, 0.6) is 0 Å². The molecule has 2 amide bonds. The third-order valence-corrected chi connectivity index (χ3v) is 5.41. The fourth-order valence-electron chi connectivity index (χ4n) is 3.29. The number of azide groups is 1. The lowest BCUT2D eigenvalue weighted by Crippen LogP contribution is -2.31. The maximum atomic E-state index is 12.4. The van der Waals surface area contributed by atoms with Crippen LogP contribution in [0.3, 0.4) is 0 Å². The second-order valence-electron chi connectivity index (χ2n) is 6.30. The van der Waals surface area contributed by atoms with Gasteiger partial charge in [0.05, 0.1) is 23.4 Å². The van der Waals surface area contributed by atoms with Gasteiger partial charge in [0.1, 0.15) is 10.5 Å². The van der Waals surface area contributed by atoms with E-state index in [-0.39, 0.29) is 34.9 Å². The van der Waals surface area contributed by atoms with Gasteiger partial charge in [0.25, 0.3) is 10.1 Å². The summed E-state index contributed by atoms with van der Waals surface area (Å²) in [5.41, 5.74) is 5.52. The highest BCUT2D eigenvalue weighted by Crippen LogP contribution is 2.44. The van der Waals surface area contributed by atoms with Crippen LogP contribution >= 0.6 is 0 Å². The molecule has 0 aliphatic carbocycles. The third kappa shape index (κ3) is 3.39. The molecule has 1 aromatic carbocycles. The van der Waals surface area contributed by atoms with E-state index >= 15 is 0 Å². The van der Waals surface area contributed by atoms with Crippen LogP contribution in [-0.2, 0) is 30.9 Å². The summed E-state index contributed by atoms with van der Waals surface area (Å²) >= 11 is 0. The van der Waals surface area contributed by atoms with Gasteiger partial charge < -0.3 is 9.52 Å². The van der Waals surface area contributed by atoms with E-state index in [9.17, 15) is 32.1 Å². The predicted molar refractivity (Wildman–Crippen MR) is 98.9 cm³/mol. The summed E-state index contributed by atoms with van der Waals surface area (Å²) in [6.07, 6.45) is -1.30. The van der Waals surface area contributed by atoms with Gasteiger partial charge in [-0.3, -0.25) is 18.9 Å². The van der Waals surface area contributed by atoms with Crippen molar-refractivity contribution in [2.45, 2.75) is 31.1 Å². The summed E-state index contributed by atoms with van der Waals surface area (Å²) in [6.45, 7) is 1.27. The van der Waals surface area contributed by atoms with Gasteiger partial charge in [-0.2, -0.15) is 8.42 Å². The van der Waals surface area contributed by atoms with Crippen molar-refractivity contribution in [3.63, 3.8) is 0 Å². The molecule has 0 saturated carbocycles. The van der Waals surface area contributed by atoms with E-state index in [0.717, 1.165) is 6.07 Å². The molecular weight excluding hydrogens is 424 g/mol. The number of benzene rings is 1. The number of aliphatic carboxylic acids is 1. The van der Waals surface area contributed by atoms with Crippen molar-refractivity contribution in [3.8, 4) is 0 Å². The largest absolute Gasteiger partial charge is 0.481 e. The minimum atomic E-state index is -5.17. The standard InChI is InChI=1S/C16H12N4O9S/c1-6-7(4-12(23)24)16(25)29-9-5-8(18-19-17)15(30(26,27)28)14(13(6)9)20-10(21)2-3-11(20)22/h5H,2-4H2,1H3,(H,23,24)(H,26,27,28). The Labute approximate surface area is 166 Å². The first-order valence-corrected chi connectivity index (χ1v) is 9.64. The Morgan fingerprint density at radius 1 is 1.30 bits per heavy atom. The second-order valence-corrected chi connectivity index (χ2v) is 7.66. The van der Waals surface area contributed by atoms with Gasteiger partial charge in [-0.1, -0.05) is 5.11 Å². The number of carbonyl (C=O) groups is 3. The van der Waals surface area contributed by atoms with Crippen LogP contribution in [0.2, 0.25) is 0 Å². The van der Waals surface area contributed by atoms with Gasteiger partial charge in [0.15, 0.2) is 0 Å². The number of rotatable bonds is 5. The fraction of sp³-hybridized carbons (Fsp3) is 0.250. The lowest BCUT2D eigenvalue weighted by atomic mass is 10.0. The molecule has 0 atom stereocenters. The third-order valence-electron chi connectivity index (χ3n) is 4.49. The number of carboxylic acids is 1. The van der Waals surface area contributed by atoms with Crippen LogP contribution in [0.4, 0.5) is 11.4 Å². The molecule has 1 fully saturated rings. The van der Waals surface area contributed by atoms with Crippen molar-refractivity contribution in [2.75, 3.05) is 4.90 Å². The first-order valence-electron chi connectivity index (χ1n) is 8.20. The SMILES string of the molecule is Cc1c(CC(=O)O)c(=O)oc2cc(N=[N+]=[N-])c(S(=O)(=O)O)c(N3C(=O)CCC3=O)c12. The molecule has 2 heterocycles. The van der Waals surface area contributed by atoms with E-state index in [1.807, 2.05) is 0 Å². The first kappa shape index (κ1) is 21.0. The van der Waals surface area contributed by atoms with E-state index in [2.05, 4.69) is 10.0 Å². The van der Waals surface area contributed by atoms with Crippen LogP contribution in [0.1, 0.15) is 24.0 Å². The zero-order valence-electron chi connectivity index (χ0n) is 15.1. The average molecular weight is 436 g/mol. The molecule has 0 radical (unpaired) electrons. The summed E-state index contributed by atoms with van der Waals surface area (Å²) in [4.78, 5) is 50.0. The molecule has 3 rings (SSSR count). The Balaban J connectivity index is 2.65. The van der Waals surface area contributed by atoms with E-state index in [1.165, 1.54) is 6.92 Å². The van der Waals surface area contributed by atoms with Crippen molar-refractivity contribution < 1.29 is 36.9 Å². The minimum absolute atomic E-state index is 0.0801. The Bertz CT molecular complexity index is 1340. The van der Waals surface area contributed by atoms with Crippen LogP contribution in [0.25, 0.3) is 21.4 Å². The molecule has 1 aliphatic heterocycles. The smallest absolute Gasteiger partial charge is 0.340 e. The molecule has 0 spiro atoms. The maximum absolute atomic E-state index is 12.4. The summed E-state index contributed by atoms with van der Waals surface area (Å²) in [5.74, 6) is -3.01. The highest BCUT2D eigenvalue weighted by molar-refractivity contribution is 7.86. The van der Waals surface area contributed by atoms with Crippen molar-refractivity contribution in [2.24, 2.45) is 5.11 Å². The molecule has 156 valence electrons. The van der Waals surface area contributed by atoms with Crippen LogP contribution in [0.15, 0.2) is 25.3 Å². The topological polar surface area (TPSA) is 208 Å². The molecule has 13 nitrogen and oxygen atoms in total. The zero-order chi connectivity index (χ0) is 22.4. The number of hydrogen-bond acceptors (Lipinski definition) is 8. The number of carboxylic acid groups (broad SMARTS) is 1. The normalized spacial score (nSPS) is 14.3. The molecule has 30 heavy (non-hydrogen) atoms. The van der Waals surface area contributed by atoms with Crippen LogP contribution in [0, 0.1) is 6.92 Å². The quantitative estimate of drug-likeness (QED) is 0.174. The molecular formula is C16H12N4O9S. The molecule has 2 N–H and O–H groups in total. The monoisotopic (exact) mass is 436 g/mol. The van der Waals surface area contributed by atoms with Gasteiger partial charge in [0.2, 0.25) is 11.8 Å². The van der Waals surface area contributed by atoms with E-state index in [0.29, 0.717) is 4.90 Å². The number of aryl methyl sites for hydroxylation is 1. The van der Waals surface area contributed by atoms with Crippen LogP contribution in [-0.4, -0.2) is 35.9 Å². The predicted octanol–water partition coefficient (Wildman–Crippen LogP) is 1.57. The Morgan fingerprint density at radius 3 is 2.40 bits per heavy atom. The average Bonchev–Trinajstić information content (AvgIpc) is 2.95. The number of fused-ring (bicyclic) bond motifs is 1. The van der Waals surface area contributed by atoms with Crippen molar-refractivity contribution in [1.82, 2.24) is 0 Å². The number of carbonyl (C=O) groups excluding carboxylic acids is 2. The summed E-state index contributed by atoms with van der Waals surface area (Å²) in [6, 6.07) is 0.839. The van der Waals surface area contributed by atoms with E-state index in [1.54, 1.807) is 0 Å². The highest BCUT2D eigenvalue weighted by Gasteiger charge is 2.38. The summed E-state index contributed by atoms with van der Waals surface area (Å²) in [5, 5.41) is 12.0. The Hall–Kier alpha value is -3.74. The number of imide groups is 1. The van der Waals surface area contributed by atoms with Gasteiger partial charge in [-0.05, 0) is 24.1 Å². The summed E-state index contributed by atoms with van der Waals surface area (Å²) in [7, 11) is -5.17. The number of nitrogens with zero attached hydrogens (tertiary/aromatic N) is 4. The lowest BCUT2D eigenvalue weighted by Gasteiger charge is -2.22. The van der Waals surface area contributed by atoms with Gasteiger partial charge >= 0.3 is 11.6 Å². The molecule has 1 saturated heterocycles. The molecule has 1 aliphatic rings. The number of amides is 2. The highest BCUT2D eigenvalue weighted by atomic mass is 32.2.